The highest BCUT2D eigenvalue weighted by Crippen LogP contribution is 2.12. The Balaban J connectivity index is 2.07. The lowest BCUT2D eigenvalue weighted by Crippen LogP contribution is -2.25. The molecule has 1 aromatic carbocycles. The molecule has 106 valence electrons. The quantitative estimate of drug-likeness (QED) is 0.672. The van der Waals surface area contributed by atoms with Crippen molar-refractivity contribution >= 4 is 5.91 Å². The maximum atomic E-state index is 11.5. The Bertz CT molecular complexity index is 379. The van der Waals surface area contributed by atoms with Crippen LogP contribution in [0.2, 0.25) is 0 Å². The molecule has 2 N–H and O–H groups in total. The van der Waals surface area contributed by atoms with Gasteiger partial charge in [-0.1, -0.05) is 12.1 Å². The first-order chi connectivity index (χ1) is 9.22. The average molecular weight is 265 g/mol. The van der Waals surface area contributed by atoms with E-state index in [-0.39, 0.29) is 12.5 Å². The van der Waals surface area contributed by atoms with Gasteiger partial charge in [-0.15, -0.1) is 0 Å². The van der Waals surface area contributed by atoms with E-state index in [0.29, 0.717) is 19.6 Å². The monoisotopic (exact) mass is 265 g/mol. The van der Waals surface area contributed by atoms with Gasteiger partial charge in [-0.25, -0.2) is 0 Å². The summed E-state index contributed by atoms with van der Waals surface area (Å²) in [6.07, 6.45) is 3.02. The lowest BCUT2D eigenvalue weighted by Gasteiger charge is -2.07. The van der Waals surface area contributed by atoms with Crippen LogP contribution >= 0.6 is 0 Å². The number of aliphatic hydroxyl groups excluding tert-OH is 1. The highest BCUT2D eigenvalue weighted by molar-refractivity contribution is 5.75. The number of hydrogen-bond donors (Lipinski definition) is 2. The van der Waals surface area contributed by atoms with E-state index in [4.69, 9.17) is 9.84 Å². The van der Waals surface area contributed by atoms with Gasteiger partial charge in [0.25, 0.3) is 0 Å². The van der Waals surface area contributed by atoms with Crippen LogP contribution in [0.4, 0.5) is 0 Å². The summed E-state index contributed by atoms with van der Waals surface area (Å²) in [5, 5.41) is 11.5. The van der Waals surface area contributed by atoms with Gasteiger partial charge in [0.2, 0.25) is 5.91 Å². The van der Waals surface area contributed by atoms with Crippen LogP contribution in [0, 0.1) is 6.92 Å². The highest BCUT2D eigenvalue weighted by Gasteiger charge is 2.01. The molecule has 0 aliphatic rings. The van der Waals surface area contributed by atoms with Crippen molar-refractivity contribution in [2.45, 2.75) is 32.6 Å². The van der Waals surface area contributed by atoms with Crippen LogP contribution in [0.3, 0.4) is 0 Å². The number of amides is 1. The van der Waals surface area contributed by atoms with Crippen molar-refractivity contribution in [3.8, 4) is 5.75 Å². The molecular formula is C15H23NO3. The van der Waals surface area contributed by atoms with E-state index in [1.165, 1.54) is 0 Å². The van der Waals surface area contributed by atoms with Gasteiger partial charge in [0, 0.05) is 13.2 Å². The molecule has 4 nitrogen and oxygen atoms in total. The van der Waals surface area contributed by atoms with Crippen molar-refractivity contribution < 1.29 is 14.6 Å². The van der Waals surface area contributed by atoms with E-state index in [1.807, 2.05) is 31.2 Å². The molecule has 4 heteroatoms. The number of aliphatic hydroxyl groups is 1. The standard InChI is InChI=1S/C15H23NO3/c1-13-6-5-7-14(12-13)19-11-8-15(18)16-9-3-2-4-10-17/h5-7,12,17H,2-4,8-11H2,1H3,(H,16,18). The third kappa shape index (κ3) is 7.47. The molecule has 0 aromatic heterocycles. The maximum absolute atomic E-state index is 11.5. The molecule has 1 rings (SSSR count). The fourth-order valence-corrected chi connectivity index (χ4v) is 1.70. The zero-order valence-electron chi connectivity index (χ0n) is 11.5. The second-order valence-corrected chi connectivity index (χ2v) is 4.55. The van der Waals surface area contributed by atoms with E-state index < -0.39 is 0 Å². The number of rotatable bonds is 9. The summed E-state index contributed by atoms with van der Waals surface area (Å²) in [5.74, 6) is 0.812. The topological polar surface area (TPSA) is 58.6 Å². The van der Waals surface area contributed by atoms with Crippen LogP contribution in [0.15, 0.2) is 24.3 Å². The van der Waals surface area contributed by atoms with Crippen LogP contribution in [-0.2, 0) is 4.79 Å². The molecule has 19 heavy (non-hydrogen) atoms. The van der Waals surface area contributed by atoms with E-state index in [1.54, 1.807) is 0 Å². The maximum Gasteiger partial charge on any atom is 0.223 e. The van der Waals surface area contributed by atoms with Gasteiger partial charge < -0.3 is 15.2 Å². The minimum atomic E-state index is 0.0108. The zero-order valence-corrected chi connectivity index (χ0v) is 11.5. The van der Waals surface area contributed by atoms with Crippen molar-refractivity contribution in [1.82, 2.24) is 5.32 Å². The Hall–Kier alpha value is -1.55. The van der Waals surface area contributed by atoms with Gasteiger partial charge in [0.15, 0.2) is 0 Å². The average Bonchev–Trinajstić information content (AvgIpc) is 2.38. The van der Waals surface area contributed by atoms with Crippen molar-refractivity contribution in [2.75, 3.05) is 19.8 Å². The summed E-state index contributed by atoms with van der Waals surface area (Å²) < 4.78 is 5.51. The number of carbonyl (C=O) groups is 1. The Labute approximate surface area is 114 Å². The number of aryl methyl sites for hydroxylation is 1. The fourth-order valence-electron chi connectivity index (χ4n) is 1.70. The largest absolute Gasteiger partial charge is 0.493 e. The number of nitrogens with one attached hydrogen (secondary N) is 1. The second kappa shape index (κ2) is 9.39. The third-order valence-electron chi connectivity index (χ3n) is 2.74. The summed E-state index contributed by atoms with van der Waals surface area (Å²) >= 11 is 0. The predicted octanol–water partition coefficient (Wildman–Crippen LogP) is 2.04. The molecule has 0 saturated carbocycles. The van der Waals surface area contributed by atoms with Crippen molar-refractivity contribution in [2.24, 2.45) is 0 Å². The number of ether oxygens (including phenoxy) is 1. The number of carbonyl (C=O) groups excluding carboxylic acids is 1. The van der Waals surface area contributed by atoms with E-state index in [0.717, 1.165) is 30.6 Å². The van der Waals surface area contributed by atoms with E-state index >= 15 is 0 Å². The molecule has 0 radical (unpaired) electrons. The Morgan fingerprint density at radius 3 is 2.89 bits per heavy atom. The first-order valence-electron chi connectivity index (χ1n) is 6.79. The van der Waals surface area contributed by atoms with Crippen LogP contribution in [0.5, 0.6) is 5.75 Å². The Kier molecular flexibility index (Phi) is 7.66. The molecule has 0 fully saturated rings. The molecule has 0 atom stereocenters. The molecule has 0 spiro atoms. The smallest absolute Gasteiger partial charge is 0.223 e. The molecule has 0 aliphatic carbocycles. The van der Waals surface area contributed by atoms with Gasteiger partial charge in [-0.3, -0.25) is 4.79 Å². The summed E-state index contributed by atoms with van der Waals surface area (Å²) in [6, 6.07) is 7.78. The zero-order chi connectivity index (χ0) is 13.9. The van der Waals surface area contributed by atoms with Gasteiger partial charge in [-0.2, -0.15) is 0 Å². The SMILES string of the molecule is Cc1cccc(OCCC(=O)NCCCCCO)c1. The normalized spacial score (nSPS) is 10.2. The van der Waals surface area contributed by atoms with Crippen molar-refractivity contribution in [3.05, 3.63) is 29.8 Å². The molecule has 0 bridgehead atoms. The van der Waals surface area contributed by atoms with Crippen LogP contribution in [-0.4, -0.2) is 30.8 Å². The fraction of sp³-hybridized carbons (Fsp3) is 0.533. The molecule has 0 aliphatic heterocycles. The predicted molar refractivity (Wildman–Crippen MR) is 75.2 cm³/mol. The minimum absolute atomic E-state index is 0.0108. The molecule has 0 heterocycles. The first-order valence-corrected chi connectivity index (χ1v) is 6.79. The number of unbranched alkanes of at least 4 members (excludes halogenated alkanes) is 2. The van der Waals surface area contributed by atoms with Crippen LogP contribution < -0.4 is 10.1 Å². The lowest BCUT2D eigenvalue weighted by atomic mass is 10.2. The highest BCUT2D eigenvalue weighted by atomic mass is 16.5. The number of hydrogen-bond acceptors (Lipinski definition) is 3. The number of benzene rings is 1. The Morgan fingerprint density at radius 1 is 1.32 bits per heavy atom. The first kappa shape index (κ1) is 15.5. The van der Waals surface area contributed by atoms with Gasteiger partial charge >= 0.3 is 0 Å². The van der Waals surface area contributed by atoms with E-state index in [9.17, 15) is 4.79 Å². The van der Waals surface area contributed by atoms with E-state index in [2.05, 4.69) is 5.32 Å². The van der Waals surface area contributed by atoms with Gasteiger partial charge in [0.05, 0.1) is 13.0 Å². The second-order valence-electron chi connectivity index (χ2n) is 4.55. The molecule has 1 amide bonds. The van der Waals surface area contributed by atoms with Gasteiger partial charge in [-0.05, 0) is 43.9 Å². The summed E-state index contributed by atoms with van der Waals surface area (Å²) in [7, 11) is 0. The van der Waals surface area contributed by atoms with Crippen LogP contribution in [0.25, 0.3) is 0 Å². The Morgan fingerprint density at radius 2 is 2.16 bits per heavy atom. The van der Waals surface area contributed by atoms with Crippen LogP contribution in [0.1, 0.15) is 31.2 Å². The molecule has 1 aromatic rings. The molecule has 0 unspecified atom stereocenters. The third-order valence-corrected chi connectivity index (χ3v) is 2.74. The molecule has 0 saturated heterocycles. The van der Waals surface area contributed by atoms with Crippen molar-refractivity contribution in [3.63, 3.8) is 0 Å². The summed E-state index contributed by atoms with van der Waals surface area (Å²) in [6.45, 7) is 3.29. The minimum Gasteiger partial charge on any atom is -0.493 e. The van der Waals surface area contributed by atoms with Gasteiger partial charge in [0.1, 0.15) is 5.75 Å². The summed E-state index contributed by atoms with van der Waals surface area (Å²) in [5.41, 5.74) is 1.14. The lowest BCUT2D eigenvalue weighted by molar-refractivity contribution is -0.121. The molecular weight excluding hydrogens is 242 g/mol. The summed E-state index contributed by atoms with van der Waals surface area (Å²) in [4.78, 5) is 11.5. The van der Waals surface area contributed by atoms with Crippen molar-refractivity contribution in [1.29, 1.82) is 0 Å².